The number of carboxylic acids is 1. The zero-order chi connectivity index (χ0) is 21.0. The fourth-order valence-corrected chi connectivity index (χ4v) is 3.48. The van der Waals surface area contributed by atoms with Crippen molar-refractivity contribution >= 4 is 11.7 Å². The molecule has 0 spiro atoms. The van der Waals surface area contributed by atoms with E-state index in [0.717, 1.165) is 5.56 Å². The van der Waals surface area contributed by atoms with Crippen LogP contribution in [-0.2, 0) is 16.1 Å². The molecule has 2 aromatic carbocycles. The van der Waals surface area contributed by atoms with Gasteiger partial charge in [-0.1, -0.05) is 18.2 Å². The van der Waals surface area contributed by atoms with Gasteiger partial charge >= 0.3 is 5.97 Å². The van der Waals surface area contributed by atoms with Crippen LogP contribution in [0, 0.1) is 10.1 Å². The number of ether oxygens (including phenoxy) is 3. The van der Waals surface area contributed by atoms with Gasteiger partial charge < -0.3 is 19.3 Å². The lowest BCUT2D eigenvalue weighted by Crippen LogP contribution is -2.48. The summed E-state index contributed by atoms with van der Waals surface area (Å²) in [7, 11) is 3.13. The number of nitrogens with zero attached hydrogens (tertiary/aromatic N) is 2. The topological polar surface area (TPSA) is 111 Å². The zero-order valence-electron chi connectivity index (χ0n) is 16.1. The Labute approximate surface area is 167 Å². The first kappa shape index (κ1) is 20.6. The van der Waals surface area contributed by atoms with E-state index in [1.165, 1.54) is 12.1 Å². The van der Waals surface area contributed by atoms with E-state index in [9.17, 15) is 20.0 Å². The zero-order valence-corrected chi connectivity index (χ0v) is 16.1. The van der Waals surface area contributed by atoms with Crippen molar-refractivity contribution in [1.82, 2.24) is 4.90 Å². The van der Waals surface area contributed by atoms with Crippen molar-refractivity contribution in [3.63, 3.8) is 0 Å². The molecule has 29 heavy (non-hydrogen) atoms. The summed E-state index contributed by atoms with van der Waals surface area (Å²) in [6.07, 6.45) is -1.09. The predicted molar refractivity (Wildman–Crippen MR) is 103 cm³/mol. The second kappa shape index (κ2) is 8.89. The summed E-state index contributed by atoms with van der Waals surface area (Å²) in [4.78, 5) is 24.2. The number of methoxy groups -OCH3 is 2. The molecule has 0 saturated carbocycles. The third-order valence-corrected chi connectivity index (χ3v) is 4.91. The Morgan fingerprint density at radius 3 is 2.55 bits per heavy atom. The maximum absolute atomic E-state index is 11.8. The van der Waals surface area contributed by atoms with E-state index in [4.69, 9.17) is 14.2 Å². The van der Waals surface area contributed by atoms with Crippen molar-refractivity contribution in [3.8, 4) is 11.5 Å². The van der Waals surface area contributed by atoms with E-state index in [0.29, 0.717) is 30.2 Å². The van der Waals surface area contributed by atoms with Crippen LogP contribution in [0.2, 0.25) is 0 Å². The molecule has 9 nitrogen and oxygen atoms in total. The van der Waals surface area contributed by atoms with Crippen molar-refractivity contribution < 1.29 is 29.0 Å². The number of non-ortho nitro benzene ring substituents is 1. The van der Waals surface area contributed by atoms with Gasteiger partial charge in [-0.25, -0.2) is 4.79 Å². The molecule has 1 heterocycles. The van der Waals surface area contributed by atoms with Crippen LogP contribution in [0.5, 0.6) is 11.5 Å². The molecule has 2 atom stereocenters. The standard InChI is InChI=1S/C20H22N2O7/c1-27-16-8-5-14(17(11-16)28-2)12-21-9-10-29-19(20(23)24)18(21)13-3-6-15(7-4-13)22(25)26/h3-8,11,18-19H,9-10,12H2,1-2H3,(H,23,24)/t18-,19-/m0/s1. The van der Waals surface area contributed by atoms with E-state index < -0.39 is 23.0 Å². The minimum atomic E-state index is -1.09. The van der Waals surface area contributed by atoms with E-state index in [-0.39, 0.29) is 12.3 Å². The molecule has 1 fully saturated rings. The Morgan fingerprint density at radius 1 is 1.24 bits per heavy atom. The van der Waals surface area contributed by atoms with Crippen molar-refractivity contribution in [2.45, 2.75) is 18.7 Å². The minimum absolute atomic E-state index is 0.0549. The number of hydrogen-bond donors (Lipinski definition) is 1. The number of rotatable bonds is 7. The van der Waals surface area contributed by atoms with Gasteiger partial charge in [-0.2, -0.15) is 0 Å². The quantitative estimate of drug-likeness (QED) is 0.556. The molecule has 1 saturated heterocycles. The Balaban J connectivity index is 1.94. The van der Waals surface area contributed by atoms with Crippen LogP contribution >= 0.6 is 0 Å². The molecule has 0 unspecified atom stereocenters. The number of morpholine rings is 1. The van der Waals surface area contributed by atoms with E-state index in [2.05, 4.69) is 0 Å². The van der Waals surface area contributed by atoms with Gasteiger partial charge in [0.05, 0.1) is 31.8 Å². The molecular weight excluding hydrogens is 380 g/mol. The summed E-state index contributed by atoms with van der Waals surface area (Å²) in [5, 5.41) is 20.6. The van der Waals surface area contributed by atoms with Crippen LogP contribution in [0.1, 0.15) is 17.2 Å². The Morgan fingerprint density at radius 2 is 1.97 bits per heavy atom. The average Bonchev–Trinajstić information content (AvgIpc) is 2.73. The van der Waals surface area contributed by atoms with Crippen molar-refractivity contribution in [2.24, 2.45) is 0 Å². The number of benzene rings is 2. The van der Waals surface area contributed by atoms with Gasteiger partial charge in [-0.15, -0.1) is 0 Å². The Kier molecular flexibility index (Phi) is 6.30. The van der Waals surface area contributed by atoms with E-state index in [1.54, 1.807) is 32.4 Å². The van der Waals surface area contributed by atoms with Gasteiger partial charge in [0, 0.05) is 36.9 Å². The van der Waals surface area contributed by atoms with Gasteiger partial charge in [-0.05, 0) is 11.6 Å². The van der Waals surface area contributed by atoms with Gasteiger partial charge in [0.1, 0.15) is 11.5 Å². The lowest BCUT2D eigenvalue weighted by molar-refractivity contribution is -0.384. The first-order valence-corrected chi connectivity index (χ1v) is 8.98. The molecule has 0 aromatic heterocycles. The van der Waals surface area contributed by atoms with Crippen LogP contribution in [-0.4, -0.2) is 54.4 Å². The summed E-state index contributed by atoms with van der Waals surface area (Å²) in [5.41, 5.74) is 1.45. The Hall–Kier alpha value is -3.17. The highest BCUT2D eigenvalue weighted by Crippen LogP contribution is 2.34. The molecule has 3 rings (SSSR count). The normalized spacial score (nSPS) is 19.5. The fraction of sp³-hybridized carbons (Fsp3) is 0.350. The number of nitro groups is 1. The highest BCUT2D eigenvalue weighted by Gasteiger charge is 2.38. The molecule has 1 aliphatic rings. The smallest absolute Gasteiger partial charge is 0.334 e. The molecule has 1 aliphatic heterocycles. The fourth-order valence-electron chi connectivity index (χ4n) is 3.48. The van der Waals surface area contributed by atoms with Gasteiger partial charge in [0.2, 0.25) is 0 Å². The van der Waals surface area contributed by atoms with Gasteiger partial charge in [-0.3, -0.25) is 15.0 Å². The van der Waals surface area contributed by atoms with Crippen LogP contribution in [0.15, 0.2) is 42.5 Å². The lowest BCUT2D eigenvalue weighted by atomic mass is 9.97. The van der Waals surface area contributed by atoms with Crippen molar-refractivity contribution in [2.75, 3.05) is 27.4 Å². The Bertz CT molecular complexity index is 885. The van der Waals surface area contributed by atoms with Crippen LogP contribution in [0.3, 0.4) is 0 Å². The summed E-state index contributed by atoms with van der Waals surface area (Å²) in [5.74, 6) is 0.202. The summed E-state index contributed by atoms with van der Waals surface area (Å²) in [6, 6.07) is 10.7. The maximum Gasteiger partial charge on any atom is 0.334 e. The lowest BCUT2D eigenvalue weighted by Gasteiger charge is -2.39. The summed E-state index contributed by atoms with van der Waals surface area (Å²) >= 11 is 0. The number of aliphatic carboxylic acids is 1. The first-order chi connectivity index (χ1) is 13.9. The third-order valence-electron chi connectivity index (χ3n) is 4.91. The number of carboxylic acid groups (broad SMARTS) is 1. The third kappa shape index (κ3) is 4.47. The van der Waals surface area contributed by atoms with Crippen LogP contribution in [0.25, 0.3) is 0 Å². The van der Waals surface area contributed by atoms with Crippen molar-refractivity contribution in [1.29, 1.82) is 0 Å². The minimum Gasteiger partial charge on any atom is -0.497 e. The highest BCUT2D eigenvalue weighted by atomic mass is 16.6. The number of hydrogen-bond acceptors (Lipinski definition) is 7. The van der Waals surface area contributed by atoms with Crippen molar-refractivity contribution in [3.05, 3.63) is 63.7 Å². The number of nitro benzene ring substituents is 1. The largest absolute Gasteiger partial charge is 0.497 e. The molecular formula is C20H22N2O7. The molecule has 154 valence electrons. The van der Waals surface area contributed by atoms with E-state index in [1.807, 2.05) is 17.0 Å². The SMILES string of the molecule is COc1ccc(CN2CCO[C@H](C(=O)O)[C@@H]2c2ccc([N+](=O)[O-])cc2)c(OC)c1. The molecule has 9 heteroatoms. The first-order valence-electron chi connectivity index (χ1n) is 8.98. The molecule has 0 bridgehead atoms. The molecule has 1 N–H and O–H groups in total. The molecule has 0 radical (unpaired) electrons. The monoisotopic (exact) mass is 402 g/mol. The van der Waals surface area contributed by atoms with Crippen LogP contribution in [0.4, 0.5) is 5.69 Å². The average molecular weight is 402 g/mol. The van der Waals surface area contributed by atoms with E-state index >= 15 is 0 Å². The summed E-state index contributed by atoms with van der Waals surface area (Å²) in [6.45, 7) is 1.18. The van der Waals surface area contributed by atoms with Gasteiger partial charge in [0.25, 0.3) is 5.69 Å². The van der Waals surface area contributed by atoms with Crippen LogP contribution < -0.4 is 9.47 Å². The predicted octanol–water partition coefficient (Wildman–Crippen LogP) is 2.64. The maximum atomic E-state index is 11.8. The van der Waals surface area contributed by atoms with Gasteiger partial charge in [0.15, 0.2) is 6.10 Å². The second-order valence-electron chi connectivity index (χ2n) is 6.57. The highest BCUT2D eigenvalue weighted by molar-refractivity contribution is 5.74. The summed E-state index contributed by atoms with van der Waals surface area (Å²) < 4.78 is 16.2. The number of carbonyl (C=O) groups is 1. The molecule has 0 aliphatic carbocycles. The molecule has 2 aromatic rings. The molecule has 0 amide bonds. The second-order valence-corrected chi connectivity index (χ2v) is 6.57.